The normalized spacial score (nSPS) is 15.4. The minimum absolute atomic E-state index is 0.0129. The zero-order chi connectivity index (χ0) is 19.6. The van der Waals surface area contributed by atoms with E-state index in [2.05, 4.69) is 6.92 Å². The Labute approximate surface area is 169 Å². The Bertz CT molecular complexity index is 881. The van der Waals surface area contributed by atoms with Gasteiger partial charge in [0.25, 0.3) is 5.56 Å². The molecule has 0 N–H and O–H groups in total. The summed E-state index contributed by atoms with van der Waals surface area (Å²) in [5, 5.41) is 1.39. The van der Waals surface area contributed by atoms with Crippen molar-refractivity contribution in [3.05, 3.63) is 20.8 Å². The van der Waals surface area contributed by atoms with Crippen LogP contribution in [-0.4, -0.2) is 38.7 Å². The number of amides is 1. The number of thioether (sulfide) groups is 1. The van der Waals surface area contributed by atoms with E-state index in [9.17, 15) is 9.59 Å². The zero-order valence-corrected chi connectivity index (χ0v) is 18.3. The van der Waals surface area contributed by atoms with Gasteiger partial charge in [-0.15, -0.1) is 11.3 Å². The summed E-state index contributed by atoms with van der Waals surface area (Å²) < 4.78 is 1.70. The summed E-state index contributed by atoms with van der Waals surface area (Å²) in [6.45, 7) is 9.33. The van der Waals surface area contributed by atoms with Crippen molar-refractivity contribution in [2.75, 3.05) is 12.3 Å². The number of fused-ring (bicyclic) bond motifs is 1. The summed E-state index contributed by atoms with van der Waals surface area (Å²) >= 11 is 2.96. The van der Waals surface area contributed by atoms with Gasteiger partial charge in [-0.2, -0.15) is 0 Å². The van der Waals surface area contributed by atoms with Gasteiger partial charge >= 0.3 is 0 Å². The summed E-state index contributed by atoms with van der Waals surface area (Å²) in [5.41, 5.74) is 1.04. The van der Waals surface area contributed by atoms with Gasteiger partial charge in [0.2, 0.25) is 5.91 Å². The maximum atomic E-state index is 12.9. The van der Waals surface area contributed by atoms with E-state index in [1.54, 1.807) is 15.9 Å². The predicted molar refractivity (Wildman–Crippen MR) is 114 cm³/mol. The van der Waals surface area contributed by atoms with Crippen LogP contribution in [0.15, 0.2) is 9.95 Å². The van der Waals surface area contributed by atoms with Gasteiger partial charge in [0, 0.05) is 24.0 Å². The molecular formula is C20H29N3O2S2. The van der Waals surface area contributed by atoms with Crippen molar-refractivity contribution in [1.29, 1.82) is 0 Å². The molecule has 2 aromatic heterocycles. The Kier molecular flexibility index (Phi) is 6.63. The molecule has 2 aromatic rings. The van der Waals surface area contributed by atoms with E-state index in [1.165, 1.54) is 31.0 Å². The van der Waals surface area contributed by atoms with Crippen molar-refractivity contribution in [1.82, 2.24) is 14.5 Å². The fourth-order valence-electron chi connectivity index (χ4n) is 3.94. The highest BCUT2D eigenvalue weighted by atomic mass is 32.2. The van der Waals surface area contributed by atoms with Gasteiger partial charge < -0.3 is 4.90 Å². The summed E-state index contributed by atoms with van der Waals surface area (Å²) in [5.74, 6) is 0.496. The van der Waals surface area contributed by atoms with E-state index < -0.39 is 0 Å². The number of aromatic nitrogens is 2. The summed E-state index contributed by atoms with van der Waals surface area (Å²) in [6, 6.07) is 0.378. The second-order valence-corrected chi connectivity index (χ2v) is 9.31. The molecule has 0 spiro atoms. The molecule has 2 heterocycles. The minimum atomic E-state index is 0.0129. The number of aryl methyl sites for hydroxylation is 2. The lowest BCUT2D eigenvalue weighted by Crippen LogP contribution is -2.42. The molecule has 27 heavy (non-hydrogen) atoms. The summed E-state index contributed by atoms with van der Waals surface area (Å²) in [7, 11) is 0. The lowest BCUT2D eigenvalue weighted by atomic mass is 9.94. The molecule has 1 amide bonds. The molecule has 3 rings (SSSR count). The first-order valence-electron chi connectivity index (χ1n) is 9.90. The van der Waals surface area contributed by atoms with Gasteiger partial charge in [0.1, 0.15) is 4.83 Å². The first-order chi connectivity index (χ1) is 13.0. The molecule has 0 bridgehead atoms. The van der Waals surface area contributed by atoms with Crippen molar-refractivity contribution >= 4 is 39.2 Å². The average Bonchev–Trinajstić information content (AvgIpc) is 2.95. The Morgan fingerprint density at radius 2 is 1.96 bits per heavy atom. The van der Waals surface area contributed by atoms with Crippen molar-refractivity contribution < 1.29 is 4.79 Å². The Morgan fingerprint density at radius 1 is 1.26 bits per heavy atom. The van der Waals surface area contributed by atoms with Crippen LogP contribution in [0.3, 0.4) is 0 Å². The lowest BCUT2D eigenvalue weighted by molar-refractivity contribution is -0.131. The standard InChI is InChI=1S/C20H29N3O2S2/c1-5-22(15-10-8-7-9-11-15)16(24)12-26-20-21-18-17(13(3)14(4)27-18)19(25)23(20)6-2/h15H,5-12H2,1-4H3. The summed E-state index contributed by atoms with van der Waals surface area (Å²) in [4.78, 5) is 34.4. The molecule has 7 heteroatoms. The number of thiophene rings is 1. The number of rotatable bonds is 6. The molecule has 0 saturated heterocycles. The third-order valence-corrected chi connectivity index (χ3v) is 7.63. The molecule has 0 radical (unpaired) electrons. The SMILES string of the molecule is CCN(C(=O)CSc1nc2sc(C)c(C)c2c(=O)n1CC)C1CCCCC1. The highest BCUT2D eigenvalue weighted by Crippen LogP contribution is 2.29. The third-order valence-electron chi connectivity index (χ3n) is 5.57. The van der Waals surface area contributed by atoms with Crippen LogP contribution in [0.2, 0.25) is 0 Å². The van der Waals surface area contributed by atoms with E-state index in [0.29, 0.717) is 23.5 Å². The van der Waals surface area contributed by atoms with Crippen LogP contribution in [0, 0.1) is 13.8 Å². The molecule has 1 aliphatic rings. The van der Waals surface area contributed by atoms with E-state index >= 15 is 0 Å². The van der Waals surface area contributed by atoms with Crippen molar-refractivity contribution in [3.8, 4) is 0 Å². The Morgan fingerprint density at radius 3 is 2.59 bits per heavy atom. The van der Waals surface area contributed by atoms with Gasteiger partial charge in [-0.1, -0.05) is 31.0 Å². The van der Waals surface area contributed by atoms with Crippen LogP contribution in [0.25, 0.3) is 10.2 Å². The van der Waals surface area contributed by atoms with Crippen LogP contribution in [0.5, 0.6) is 0 Å². The van der Waals surface area contributed by atoms with Gasteiger partial charge in [-0.25, -0.2) is 4.98 Å². The molecule has 5 nitrogen and oxygen atoms in total. The van der Waals surface area contributed by atoms with Crippen molar-refractivity contribution in [2.45, 2.75) is 77.5 Å². The van der Waals surface area contributed by atoms with Crippen LogP contribution < -0.4 is 5.56 Å². The monoisotopic (exact) mass is 407 g/mol. The fraction of sp³-hybridized carbons (Fsp3) is 0.650. The first-order valence-corrected chi connectivity index (χ1v) is 11.7. The number of hydrogen-bond acceptors (Lipinski definition) is 5. The number of carbonyl (C=O) groups is 1. The maximum Gasteiger partial charge on any atom is 0.263 e. The van der Waals surface area contributed by atoms with Crippen molar-refractivity contribution in [2.24, 2.45) is 0 Å². The minimum Gasteiger partial charge on any atom is -0.339 e. The first kappa shape index (κ1) is 20.4. The number of carbonyl (C=O) groups excluding carboxylic acids is 1. The third kappa shape index (κ3) is 4.09. The molecule has 1 aliphatic carbocycles. The second-order valence-electron chi connectivity index (χ2n) is 7.17. The molecular weight excluding hydrogens is 378 g/mol. The summed E-state index contributed by atoms with van der Waals surface area (Å²) in [6.07, 6.45) is 5.94. The highest BCUT2D eigenvalue weighted by Gasteiger charge is 2.25. The largest absolute Gasteiger partial charge is 0.339 e. The fourth-order valence-corrected chi connectivity index (χ4v) is 5.96. The van der Waals surface area contributed by atoms with Gasteiger partial charge in [0.15, 0.2) is 5.16 Å². The molecule has 148 valence electrons. The highest BCUT2D eigenvalue weighted by molar-refractivity contribution is 7.99. The molecule has 0 atom stereocenters. The second kappa shape index (κ2) is 8.78. The molecule has 0 unspecified atom stereocenters. The Balaban J connectivity index is 1.81. The topological polar surface area (TPSA) is 55.2 Å². The molecule has 1 fully saturated rings. The van der Waals surface area contributed by atoms with E-state index in [4.69, 9.17) is 4.98 Å². The van der Waals surface area contributed by atoms with Gasteiger partial charge in [-0.3, -0.25) is 14.2 Å². The van der Waals surface area contributed by atoms with Crippen molar-refractivity contribution in [3.63, 3.8) is 0 Å². The molecule has 1 saturated carbocycles. The van der Waals surface area contributed by atoms with Gasteiger partial charge in [-0.05, 0) is 46.1 Å². The maximum absolute atomic E-state index is 12.9. The number of nitrogens with zero attached hydrogens (tertiary/aromatic N) is 3. The number of hydrogen-bond donors (Lipinski definition) is 0. The average molecular weight is 408 g/mol. The van der Waals surface area contributed by atoms with Crippen LogP contribution in [0.4, 0.5) is 0 Å². The van der Waals surface area contributed by atoms with Crippen LogP contribution >= 0.6 is 23.1 Å². The van der Waals surface area contributed by atoms with Gasteiger partial charge in [0.05, 0.1) is 11.1 Å². The van der Waals surface area contributed by atoms with E-state index in [0.717, 1.165) is 40.0 Å². The Hall–Kier alpha value is -1.34. The quantitative estimate of drug-likeness (QED) is 0.527. The smallest absolute Gasteiger partial charge is 0.263 e. The van der Waals surface area contributed by atoms with E-state index in [1.807, 2.05) is 25.7 Å². The predicted octanol–water partition coefficient (Wildman–Crippen LogP) is 4.37. The molecule has 0 aromatic carbocycles. The van der Waals surface area contributed by atoms with Crippen LogP contribution in [-0.2, 0) is 11.3 Å². The van der Waals surface area contributed by atoms with Crippen LogP contribution in [0.1, 0.15) is 56.4 Å². The lowest BCUT2D eigenvalue weighted by Gasteiger charge is -2.33. The zero-order valence-electron chi connectivity index (χ0n) is 16.7. The van der Waals surface area contributed by atoms with E-state index in [-0.39, 0.29) is 11.5 Å². The molecule has 0 aliphatic heterocycles.